The summed E-state index contributed by atoms with van der Waals surface area (Å²) in [6.07, 6.45) is 0.958. The van der Waals surface area contributed by atoms with E-state index in [1.54, 1.807) is 11.0 Å². The molecule has 0 atom stereocenters. The maximum absolute atomic E-state index is 13.5. The molecule has 24 heavy (non-hydrogen) atoms. The van der Waals surface area contributed by atoms with Crippen LogP contribution in [0.4, 0.5) is 4.39 Å². The summed E-state index contributed by atoms with van der Waals surface area (Å²) in [6, 6.07) is 4.43. The van der Waals surface area contributed by atoms with Gasteiger partial charge in [0.2, 0.25) is 0 Å². The van der Waals surface area contributed by atoms with Gasteiger partial charge in [-0.3, -0.25) is 9.48 Å². The number of carbonyl (C=O) groups is 1. The Balaban J connectivity index is 1.90. The topological polar surface area (TPSA) is 47.4 Å². The average Bonchev–Trinajstić information content (AvgIpc) is 2.72. The molecule has 0 radical (unpaired) electrons. The van der Waals surface area contributed by atoms with Gasteiger partial charge in [-0.2, -0.15) is 5.10 Å². The van der Waals surface area contributed by atoms with Crippen molar-refractivity contribution in [1.82, 2.24) is 14.7 Å². The van der Waals surface area contributed by atoms with Crippen LogP contribution in [0, 0.1) is 19.7 Å². The average molecular weight is 331 g/mol. The number of halogens is 1. The Hall–Kier alpha value is -2.37. The minimum absolute atomic E-state index is 0.0759. The lowest BCUT2D eigenvalue weighted by molar-refractivity contribution is 0.0731. The number of ether oxygens (including phenoxy) is 1. The first kappa shape index (κ1) is 16.5. The minimum atomic E-state index is -0.324. The van der Waals surface area contributed by atoms with Gasteiger partial charge in [0.05, 0.1) is 17.8 Å². The van der Waals surface area contributed by atoms with Crippen LogP contribution in [0.15, 0.2) is 18.2 Å². The van der Waals surface area contributed by atoms with E-state index in [1.807, 2.05) is 18.5 Å². The van der Waals surface area contributed by atoms with Crippen molar-refractivity contribution in [3.05, 3.63) is 46.5 Å². The van der Waals surface area contributed by atoms with E-state index in [0.717, 1.165) is 24.4 Å². The molecular formula is C18H22FN3O2. The second-order valence-corrected chi connectivity index (χ2v) is 6.10. The fourth-order valence-corrected chi connectivity index (χ4v) is 3.13. The first-order valence-corrected chi connectivity index (χ1v) is 8.25. The third kappa shape index (κ3) is 3.00. The molecule has 128 valence electrons. The van der Waals surface area contributed by atoms with E-state index in [2.05, 4.69) is 12.0 Å². The molecule has 6 heteroatoms. The van der Waals surface area contributed by atoms with Gasteiger partial charge in [0.25, 0.3) is 5.91 Å². The predicted octanol–water partition coefficient (Wildman–Crippen LogP) is 3.08. The normalized spacial score (nSPS) is 14.1. The van der Waals surface area contributed by atoms with Gasteiger partial charge in [-0.05, 0) is 38.5 Å². The van der Waals surface area contributed by atoms with Crippen molar-refractivity contribution in [3.63, 3.8) is 0 Å². The molecule has 2 aromatic rings. The summed E-state index contributed by atoms with van der Waals surface area (Å²) in [5.41, 5.74) is 2.94. The van der Waals surface area contributed by atoms with Crippen molar-refractivity contribution in [2.24, 2.45) is 0 Å². The number of benzene rings is 1. The second kappa shape index (κ2) is 6.63. The van der Waals surface area contributed by atoms with Gasteiger partial charge in [-0.1, -0.05) is 6.92 Å². The Morgan fingerprint density at radius 3 is 2.92 bits per heavy atom. The van der Waals surface area contributed by atoms with Crippen LogP contribution in [-0.4, -0.2) is 33.7 Å². The summed E-state index contributed by atoms with van der Waals surface area (Å²) in [7, 11) is 0. The van der Waals surface area contributed by atoms with Gasteiger partial charge in [-0.15, -0.1) is 0 Å². The van der Waals surface area contributed by atoms with Gasteiger partial charge in [0.1, 0.15) is 18.2 Å². The lowest BCUT2D eigenvalue weighted by Crippen LogP contribution is -2.33. The highest BCUT2D eigenvalue weighted by Gasteiger charge is 2.26. The van der Waals surface area contributed by atoms with E-state index in [-0.39, 0.29) is 11.7 Å². The molecule has 1 amide bonds. The van der Waals surface area contributed by atoms with Crippen LogP contribution < -0.4 is 4.74 Å². The summed E-state index contributed by atoms with van der Waals surface area (Å²) >= 11 is 0. The summed E-state index contributed by atoms with van der Waals surface area (Å²) in [5, 5.41) is 4.48. The Kier molecular flexibility index (Phi) is 4.55. The molecule has 1 aliphatic heterocycles. The summed E-state index contributed by atoms with van der Waals surface area (Å²) < 4.78 is 21.0. The monoisotopic (exact) mass is 331 g/mol. The molecule has 1 aromatic carbocycles. The number of aromatic nitrogens is 2. The highest BCUT2D eigenvalue weighted by atomic mass is 19.1. The van der Waals surface area contributed by atoms with Gasteiger partial charge in [0.15, 0.2) is 0 Å². The smallest absolute Gasteiger partial charge is 0.258 e. The van der Waals surface area contributed by atoms with Crippen molar-refractivity contribution in [3.8, 4) is 5.75 Å². The van der Waals surface area contributed by atoms with Crippen LogP contribution in [0.3, 0.4) is 0 Å². The molecule has 0 saturated carbocycles. The largest absolute Gasteiger partial charge is 0.491 e. The van der Waals surface area contributed by atoms with Gasteiger partial charge in [-0.25, -0.2) is 4.39 Å². The lowest BCUT2D eigenvalue weighted by Gasteiger charge is -2.20. The number of hydrogen-bond donors (Lipinski definition) is 0. The number of aryl methyl sites for hydroxylation is 2. The standard InChI is InChI=1S/C18H22FN3O2/c1-4-7-22-13(3)17(12(2)20-22)18(23)21-8-9-24-16-6-5-15(19)10-14(16)11-21/h5-6,10H,4,7-9,11H2,1-3H3. The third-order valence-corrected chi connectivity index (χ3v) is 4.32. The fourth-order valence-electron chi connectivity index (χ4n) is 3.13. The van der Waals surface area contributed by atoms with Crippen LogP contribution in [0.5, 0.6) is 5.75 Å². The summed E-state index contributed by atoms with van der Waals surface area (Å²) in [4.78, 5) is 14.7. The predicted molar refractivity (Wildman–Crippen MR) is 88.6 cm³/mol. The van der Waals surface area contributed by atoms with Crippen molar-refractivity contribution in [1.29, 1.82) is 0 Å². The lowest BCUT2D eigenvalue weighted by atomic mass is 10.1. The van der Waals surface area contributed by atoms with Crippen LogP contribution in [0.1, 0.15) is 40.7 Å². The first-order chi connectivity index (χ1) is 11.5. The van der Waals surface area contributed by atoms with E-state index in [4.69, 9.17) is 4.74 Å². The first-order valence-electron chi connectivity index (χ1n) is 8.25. The SMILES string of the molecule is CCCn1nc(C)c(C(=O)N2CCOc3ccc(F)cc3C2)c1C. The summed E-state index contributed by atoms with van der Waals surface area (Å²) in [6.45, 7) is 7.84. The zero-order valence-electron chi connectivity index (χ0n) is 14.3. The molecule has 2 heterocycles. The van der Waals surface area contributed by atoms with E-state index in [1.165, 1.54) is 12.1 Å². The number of carbonyl (C=O) groups excluding carboxylic acids is 1. The van der Waals surface area contributed by atoms with Crippen LogP contribution >= 0.6 is 0 Å². The molecular weight excluding hydrogens is 309 g/mol. The van der Waals surface area contributed by atoms with Gasteiger partial charge < -0.3 is 9.64 Å². The maximum Gasteiger partial charge on any atom is 0.258 e. The zero-order chi connectivity index (χ0) is 17.3. The van der Waals surface area contributed by atoms with Crippen molar-refractivity contribution in [2.75, 3.05) is 13.2 Å². The Morgan fingerprint density at radius 2 is 2.17 bits per heavy atom. The molecule has 5 nitrogen and oxygen atoms in total. The Labute approximate surface area is 141 Å². The molecule has 0 bridgehead atoms. The highest BCUT2D eigenvalue weighted by Crippen LogP contribution is 2.26. The second-order valence-electron chi connectivity index (χ2n) is 6.10. The molecule has 1 aliphatic rings. The third-order valence-electron chi connectivity index (χ3n) is 4.32. The molecule has 1 aromatic heterocycles. The van der Waals surface area contributed by atoms with Crippen molar-refractivity contribution in [2.45, 2.75) is 40.3 Å². The molecule has 0 aliphatic carbocycles. The number of nitrogens with zero attached hydrogens (tertiary/aromatic N) is 3. The molecule has 0 fully saturated rings. The van der Waals surface area contributed by atoms with E-state index in [0.29, 0.717) is 36.6 Å². The Morgan fingerprint density at radius 1 is 1.38 bits per heavy atom. The van der Waals surface area contributed by atoms with E-state index < -0.39 is 0 Å². The Bertz CT molecular complexity index is 770. The number of amides is 1. The van der Waals surface area contributed by atoms with Gasteiger partial charge >= 0.3 is 0 Å². The number of rotatable bonds is 3. The summed E-state index contributed by atoms with van der Waals surface area (Å²) in [5.74, 6) is 0.240. The maximum atomic E-state index is 13.5. The van der Waals surface area contributed by atoms with E-state index in [9.17, 15) is 9.18 Å². The van der Waals surface area contributed by atoms with Crippen LogP contribution in [0.25, 0.3) is 0 Å². The van der Waals surface area contributed by atoms with Crippen molar-refractivity contribution < 1.29 is 13.9 Å². The molecule has 0 unspecified atom stereocenters. The van der Waals surface area contributed by atoms with Gasteiger partial charge in [0, 0.05) is 24.3 Å². The molecule has 0 N–H and O–H groups in total. The van der Waals surface area contributed by atoms with Crippen molar-refractivity contribution >= 4 is 5.91 Å². The number of fused-ring (bicyclic) bond motifs is 1. The quantitative estimate of drug-likeness (QED) is 0.868. The minimum Gasteiger partial charge on any atom is -0.491 e. The van der Waals surface area contributed by atoms with Crippen LogP contribution in [0.2, 0.25) is 0 Å². The molecule has 0 saturated heterocycles. The van der Waals surface area contributed by atoms with Crippen LogP contribution in [-0.2, 0) is 13.1 Å². The zero-order valence-corrected chi connectivity index (χ0v) is 14.3. The number of hydrogen-bond acceptors (Lipinski definition) is 3. The molecule has 0 spiro atoms. The molecule has 3 rings (SSSR count). The highest BCUT2D eigenvalue weighted by molar-refractivity contribution is 5.96. The van der Waals surface area contributed by atoms with E-state index >= 15 is 0 Å². The fraction of sp³-hybridized carbons (Fsp3) is 0.444.